The van der Waals surface area contributed by atoms with Crippen molar-refractivity contribution < 1.29 is 33.8 Å². The number of allylic oxidation sites excluding steroid dienone is 1. The van der Waals surface area contributed by atoms with Crippen molar-refractivity contribution in [3.63, 3.8) is 0 Å². The molecule has 0 saturated carbocycles. The number of cyclic esters (lactones) is 1. The summed E-state index contributed by atoms with van der Waals surface area (Å²) in [4.78, 5) is 57.6. The molecule has 4 aliphatic rings. The Morgan fingerprint density at radius 3 is 2.56 bits per heavy atom. The number of carbonyl (C=O) groups excluding carboxylic acids is 4. The van der Waals surface area contributed by atoms with Gasteiger partial charge in [-0.3, -0.25) is 19.2 Å². The molecule has 4 heterocycles. The number of unbranched alkanes of at least 4 members (excludes halogenated alkanes) is 2. The van der Waals surface area contributed by atoms with E-state index in [1.807, 2.05) is 32.9 Å². The van der Waals surface area contributed by atoms with Crippen molar-refractivity contribution in [1.82, 2.24) is 15.1 Å². The first-order chi connectivity index (χ1) is 18.4. The largest absolute Gasteiger partial charge is 0.460 e. The van der Waals surface area contributed by atoms with Crippen molar-refractivity contribution in [2.45, 2.75) is 89.2 Å². The van der Waals surface area contributed by atoms with Crippen LogP contribution < -0.4 is 5.32 Å². The number of ether oxygens (including phenoxy) is 2. The molecule has 2 fully saturated rings. The number of hydrogen-bond acceptors (Lipinski definition) is 7. The minimum atomic E-state index is -1.31. The van der Waals surface area contributed by atoms with Crippen LogP contribution in [0, 0.1) is 11.8 Å². The Balaban J connectivity index is 1.78. The molecule has 0 aromatic rings. The van der Waals surface area contributed by atoms with E-state index in [-0.39, 0.29) is 37.3 Å². The van der Waals surface area contributed by atoms with Crippen LogP contribution in [0.4, 0.5) is 0 Å². The van der Waals surface area contributed by atoms with E-state index in [0.717, 1.165) is 0 Å². The maximum Gasteiger partial charge on any atom is 0.313 e. The van der Waals surface area contributed by atoms with Gasteiger partial charge in [-0.25, -0.2) is 0 Å². The molecule has 10 nitrogen and oxygen atoms in total. The first-order valence-corrected chi connectivity index (χ1v) is 14.6. The number of nitrogens with zero attached hydrogens (tertiary/aromatic N) is 2. The van der Waals surface area contributed by atoms with E-state index in [9.17, 15) is 24.3 Å². The van der Waals surface area contributed by atoms with E-state index < -0.39 is 47.2 Å². The van der Waals surface area contributed by atoms with Gasteiger partial charge in [-0.05, 0) is 59.5 Å². The second-order valence-electron chi connectivity index (χ2n) is 11.8. The molecule has 39 heavy (non-hydrogen) atoms. The van der Waals surface area contributed by atoms with Gasteiger partial charge in [0.05, 0.1) is 12.5 Å². The van der Waals surface area contributed by atoms with Gasteiger partial charge in [-0.15, -0.1) is 0 Å². The number of rotatable bonds is 5. The minimum Gasteiger partial charge on any atom is -0.460 e. The fourth-order valence-corrected chi connectivity index (χ4v) is 6.83. The second-order valence-corrected chi connectivity index (χ2v) is 12.7. The zero-order valence-corrected chi connectivity index (χ0v) is 24.7. The van der Waals surface area contributed by atoms with Gasteiger partial charge in [-0.2, -0.15) is 0 Å². The van der Waals surface area contributed by atoms with E-state index in [2.05, 4.69) is 21.2 Å². The van der Waals surface area contributed by atoms with Crippen LogP contribution in [0.15, 0.2) is 22.7 Å². The molecule has 2 saturated heterocycles. The van der Waals surface area contributed by atoms with Crippen LogP contribution in [0.2, 0.25) is 0 Å². The van der Waals surface area contributed by atoms with Crippen LogP contribution in [-0.4, -0.2) is 94.2 Å². The molecule has 11 heteroatoms. The molecule has 0 radical (unpaired) electrons. The summed E-state index contributed by atoms with van der Waals surface area (Å²) < 4.78 is 12.8. The van der Waals surface area contributed by atoms with Gasteiger partial charge in [0.2, 0.25) is 17.7 Å². The molecule has 1 spiro atoms. The Morgan fingerprint density at radius 1 is 1.13 bits per heavy atom. The summed E-state index contributed by atoms with van der Waals surface area (Å²) in [6.07, 6.45) is 6.90. The average Bonchev–Trinajstić information content (AvgIpc) is 3.44. The number of aliphatic hydroxyl groups excluding tert-OH is 1. The van der Waals surface area contributed by atoms with Crippen molar-refractivity contribution >= 4 is 39.6 Å². The van der Waals surface area contributed by atoms with Crippen molar-refractivity contribution in [3.05, 3.63) is 22.7 Å². The van der Waals surface area contributed by atoms with E-state index in [1.54, 1.807) is 22.8 Å². The first-order valence-electron chi connectivity index (χ1n) is 13.8. The SMILES string of the molecule is C[C@H]1CNC(=O)CC/C=C\CN(C(C)(C)C)C(=O)[C@H]2N(CCCCCO)C(=O)[C@@H]3[C@@H](C(=O)O1)[C@@H]1O[C@@]32C=C1Br. The van der Waals surface area contributed by atoms with Gasteiger partial charge >= 0.3 is 5.97 Å². The third-order valence-corrected chi connectivity index (χ3v) is 8.64. The average molecular weight is 611 g/mol. The quantitative estimate of drug-likeness (QED) is 0.277. The zero-order chi connectivity index (χ0) is 28.5. The third kappa shape index (κ3) is 5.67. The summed E-state index contributed by atoms with van der Waals surface area (Å²) in [6.45, 7) is 8.32. The van der Waals surface area contributed by atoms with Crippen molar-refractivity contribution in [2.24, 2.45) is 11.8 Å². The number of esters is 1. The summed E-state index contributed by atoms with van der Waals surface area (Å²) in [5, 5.41) is 12.0. The van der Waals surface area contributed by atoms with Gasteiger partial charge in [-0.1, -0.05) is 28.1 Å². The highest BCUT2D eigenvalue weighted by molar-refractivity contribution is 9.11. The predicted octanol–water partition coefficient (Wildman–Crippen LogP) is 2.05. The number of nitrogens with one attached hydrogen (secondary N) is 1. The van der Waals surface area contributed by atoms with Gasteiger partial charge in [0.25, 0.3) is 0 Å². The fraction of sp³-hybridized carbons (Fsp3) is 0.714. The maximum absolute atomic E-state index is 14.5. The molecule has 2 N–H and O–H groups in total. The summed E-state index contributed by atoms with van der Waals surface area (Å²) in [6, 6.07) is -0.955. The lowest BCUT2D eigenvalue weighted by Gasteiger charge is -2.41. The van der Waals surface area contributed by atoms with Crippen molar-refractivity contribution in [1.29, 1.82) is 0 Å². The van der Waals surface area contributed by atoms with Gasteiger partial charge in [0.1, 0.15) is 29.8 Å². The van der Waals surface area contributed by atoms with Crippen LogP contribution in [0.1, 0.15) is 59.8 Å². The molecule has 4 aliphatic heterocycles. The van der Waals surface area contributed by atoms with Gasteiger partial charge in [0.15, 0.2) is 0 Å². The second kappa shape index (κ2) is 11.7. The summed E-state index contributed by atoms with van der Waals surface area (Å²) in [5.41, 5.74) is -1.88. The van der Waals surface area contributed by atoms with Crippen molar-refractivity contribution in [3.8, 4) is 0 Å². The molecule has 0 aromatic heterocycles. The lowest BCUT2D eigenvalue weighted by molar-refractivity contribution is -0.158. The number of amides is 3. The molecule has 5 bridgehead atoms. The van der Waals surface area contributed by atoms with Crippen LogP contribution >= 0.6 is 15.9 Å². The molecular weight excluding hydrogens is 570 g/mol. The van der Waals surface area contributed by atoms with Crippen LogP contribution in [0.25, 0.3) is 0 Å². The standard InChI is InChI=1S/C28H40BrN3O7/c1-17-16-30-19(34)11-7-5-9-13-32(27(2,3)4)25(36)23-28-15-18(29)22(39-28)20(26(37)38-17)21(28)24(35)31(23)12-8-6-10-14-33/h5,9,15,17,20-23,33H,6-8,10-14,16H2,1-4H3,(H,30,34)/b9-5-/t17-,20+,21-,22+,23+,28-/m0/s1. The molecular formula is C28H40BrN3O7. The molecule has 3 amide bonds. The molecule has 4 rings (SSSR count). The van der Waals surface area contributed by atoms with Crippen molar-refractivity contribution in [2.75, 3.05) is 26.2 Å². The lowest BCUT2D eigenvalue weighted by atomic mass is 9.74. The van der Waals surface area contributed by atoms with E-state index in [1.165, 1.54) is 0 Å². The normalized spacial score (nSPS) is 34.6. The van der Waals surface area contributed by atoms with Crippen LogP contribution in [-0.2, 0) is 28.7 Å². The Labute approximate surface area is 238 Å². The Kier molecular flexibility index (Phi) is 8.92. The molecule has 6 atom stereocenters. The highest BCUT2D eigenvalue weighted by Crippen LogP contribution is 2.59. The first kappa shape index (κ1) is 29.7. The number of likely N-dealkylation sites (tertiary alicyclic amines) is 1. The summed E-state index contributed by atoms with van der Waals surface area (Å²) in [7, 11) is 0. The molecule has 0 unspecified atom stereocenters. The zero-order valence-electron chi connectivity index (χ0n) is 23.2. The number of hydrogen-bond donors (Lipinski definition) is 2. The number of aliphatic hydroxyl groups is 1. The lowest BCUT2D eigenvalue weighted by Crippen LogP contribution is -2.59. The van der Waals surface area contributed by atoms with Gasteiger partial charge < -0.3 is 29.7 Å². The maximum atomic E-state index is 14.5. The topological polar surface area (TPSA) is 125 Å². The molecule has 216 valence electrons. The molecule has 0 aliphatic carbocycles. The Morgan fingerprint density at radius 2 is 1.87 bits per heavy atom. The Hall–Kier alpha value is -2.24. The molecule has 0 aromatic carbocycles. The van der Waals surface area contributed by atoms with E-state index in [4.69, 9.17) is 9.47 Å². The summed E-state index contributed by atoms with van der Waals surface area (Å²) in [5.74, 6) is -3.13. The van der Waals surface area contributed by atoms with Crippen LogP contribution in [0.5, 0.6) is 0 Å². The monoisotopic (exact) mass is 609 g/mol. The minimum absolute atomic E-state index is 0.0556. The summed E-state index contributed by atoms with van der Waals surface area (Å²) >= 11 is 3.55. The number of halogens is 1. The number of fused-ring (bicyclic) bond motifs is 2. The number of carbonyl (C=O) groups is 4. The fourth-order valence-electron chi connectivity index (χ4n) is 6.10. The highest BCUT2D eigenvalue weighted by atomic mass is 79.9. The van der Waals surface area contributed by atoms with E-state index >= 15 is 0 Å². The Bertz CT molecular complexity index is 1050. The van der Waals surface area contributed by atoms with E-state index in [0.29, 0.717) is 43.3 Å². The predicted molar refractivity (Wildman–Crippen MR) is 146 cm³/mol. The highest BCUT2D eigenvalue weighted by Gasteiger charge is 2.75. The van der Waals surface area contributed by atoms with Gasteiger partial charge in [0, 0.05) is 36.1 Å². The third-order valence-electron chi connectivity index (χ3n) is 7.96. The smallest absolute Gasteiger partial charge is 0.313 e. The van der Waals surface area contributed by atoms with Crippen LogP contribution in [0.3, 0.4) is 0 Å².